The van der Waals surface area contributed by atoms with Crippen LogP contribution in [0.1, 0.15) is 25.3 Å². The summed E-state index contributed by atoms with van der Waals surface area (Å²) >= 11 is 0. The lowest BCUT2D eigenvalue weighted by Crippen LogP contribution is -2.48. The largest absolute Gasteiger partial charge is 0.497 e. The fourth-order valence-electron chi connectivity index (χ4n) is 2.67. The summed E-state index contributed by atoms with van der Waals surface area (Å²) < 4.78 is 32.7. The number of nitrogens with zero attached hydrogens (tertiary/aromatic N) is 2. The molecule has 1 aromatic carbocycles. The SMILES string of the molecule is CCC[C@@H](C(=O)NO)N(Cc1cccnc1)S(=O)(=O)c1ccc(OC)cc1. The molecule has 2 N–H and O–H groups in total. The van der Waals surface area contributed by atoms with Crippen LogP contribution in [-0.2, 0) is 21.4 Å². The summed E-state index contributed by atoms with van der Waals surface area (Å²) in [6.45, 7) is 1.78. The first-order valence-corrected chi connectivity index (χ1v) is 9.86. The zero-order chi connectivity index (χ0) is 19.9. The van der Waals surface area contributed by atoms with Crippen LogP contribution in [0.4, 0.5) is 0 Å². The first kappa shape index (κ1) is 20.8. The van der Waals surface area contributed by atoms with Gasteiger partial charge in [-0.3, -0.25) is 15.0 Å². The molecule has 27 heavy (non-hydrogen) atoms. The van der Waals surface area contributed by atoms with Crippen molar-refractivity contribution in [3.8, 4) is 5.75 Å². The summed E-state index contributed by atoms with van der Waals surface area (Å²) in [4.78, 5) is 16.2. The zero-order valence-electron chi connectivity index (χ0n) is 15.2. The lowest BCUT2D eigenvalue weighted by Gasteiger charge is -2.29. The van der Waals surface area contributed by atoms with Crippen LogP contribution in [0, 0.1) is 0 Å². The molecule has 0 unspecified atom stereocenters. The highest BCUT2D eigenvalue weighted by Gasteiger charge is 2.35. The second-order valence-corrected chi connectivity index (χ2v) is 7.76. The van der Waals surface area contributed by atoms with E-state index in [0.717, 1.165) is 4.31 Å². The Kier molecular flexibility index (Phi) is 7.28. The molecule has 2 rings (SSSR count). The van der Waals surface area contributed by atoms with Gasteiger partial charge in [-0.25, -0.2) is 13.9 Å². The highest BCUT2D eigenvalue weighted by Crippen LogP contribution is 2.25. The van der Waals surface area contributed by atoms with Crippen molar-refractivity contribution in [3.05, 3.63) is 54.4 Å². The minimum Gasteiger partial charge on any atom is -0.497 e. The molecule has 0 aliphatic heterocycles. The molecule has 0 saturated heterocycles. The van der Waals surface area contributed by atoms with Crippen LogP contribution in [-0.4, -0.2) is 42.0 Å². The first-order chi connectivity index (χ1) is 12.9. The van der Waals surface area contributed by atoms with Crippen LogP contribution < -0.4 is 10.2 Å². The van der Waals surface area contributed by atoms with E-state index in [0.29, 0.717) is 17.7 Å². The molecule has 8 nitrogen and oxygen atoms in total. The molecule has 0 bridgehead atoms. The van der Waals surface area contributed by atoms with Crippen LogP contribution in [0.2, 0.25) is 0 Å². The predicted molar refractivity (Wildman–Crippen MR) is 98.6 cm³/mol. The van der Waals surface area contributed by atoms with Crippen molar-refractivity contribution in [1.82, 2.24) is 14.8 Å². The molecule has 146 valence electrons. The van der Waals surface area contributed by atoms with Crippen LogP contribution in [0.5, 0.6) is 5.75 Å². The summed E-state index contributed by atoms with van der Waals surface area (Å²) in [7, 11) is -2.54. The molecule has 0 radical (unpaired) electrons. The van der Waals surface area contributed by atoms with Crippen molar-refractivity contribution < 1.29 is 23.2 Å². The molecule has 0 aliphatic rings. The summed E-state index contributed by atoms with van der Waals surface area (Å²) in [5, 5.41) is 9.10. The number of carbonyl (C=O) groups excluding carboxylic acids is 1. The number of carbonyl (C=O) groups is 1. The van der Waals surface area contributed by atoms with Gasteiger partial charge in [0.15, 0.2) is 0 Å². The average Bonchev–Trinajstić information content (AvgIpc) is 2.70. The number of sulfonamides is 1. The van der Waals surface area contributed by atoms with E-state index in [1.54, 1.807) is 23.8 Å². The van der Waals surface area contributed by atoms with Gasteiger partial charge >= 0.3 is 0 Å². The fourth-order valence-corrected chi connectivity index (χ4v) is 4.28. The molecule has 1 amide bonds. The van der Waals surface area contributed by atoms with Crippen molar-refractivity contribution in [3.63, 3.8) is 0 Å². The Balaban J connectivity index is 2.49. The number of pyridine rings is 1. The highest BCUT2D eigenvalue weighted by atomic mass is 32.2. The smallest absolute Gasteiger partial charge is 0.261 e. The van der Waals surface area contributed by atoms with Gasteiger partial charge in [-0.05, 0) is 42.3 Å². The number of amides is 1. The van der Waals surface area contributed by atoms with E-state index in [9.17, 15) is 13.2 Å². The number of hydrogen-bond acceptors (Lipinski definition) is 6. The van der Waals surface area contributed by atoms with Gasteiger partial charge in [0.05, 0.1) is 12.0 Å². The van der Waals surface area contributed by atoms with Crippen molar-refractivity contribution in [1.29, 1.82) is 0 Å². The highest BCUT2D eigenvalue weighted by molar-refractivity contribution is 7.89. The van der Waals surface area contributed by atoms with Crippen molar-refractivity contribution >= 4 is 15.9 Å². The first-order valence-electron chi connectivity index (χ1n) is 8.42. The van der Waals surface area contributed by atoms with E-state index in [1.165, 1.54) is 37.6 Å². The Labute approximate surface area is 158 Å². The number of aromatic nitrogens is 1. The Morgan fingerprint density at radius 2 is 2.00 bits per heavy atom. The van der Waals surface area contributed by atoms with E-state index in [-0.39, 0.29) is 17.9 Å². The van der Waals surface area contributed by atoms with Crippen molar-refractivity contribution in [2.45, 2.75) is 37.2 Å². The third-order valence-corrected chi connectivity index (χ3v) is 5.92. The van der Waals surface area contributed by atoms with Gasteiger partial charge < -0.3 is 4.74 Å². The quantitative estimate of drug-likeness (QED) is 0.498. The van der Waals surface area contributed by atoms with Gasteiger partial charge in [0.2, 0.25) is 10.0 Å². The Morgan fingerprint density at radius 3 is 2.52 bits per heavy atom. The Bertz CT molecular complexity index is 841. The number of hydroxylamine groups is 1. The maximum Gasteiger partial charge on any atom is 0.261 e. The molecule has 0 spiro atoms. The summed E-state index contributed by atoms with van der Waals surface area (Å²) in [6.07, 6.45) is 3.92. The lowest BCUT2D eigenvalue weighted by atomic mass is 10.1. The number of methoxy groups -OCH3 is 1. The lowest BCUT2D eigenvalue weighted by molar-refractivity contribution is -0.133. The Hall–Kier alpha value is -2.49. The molecule has 0 aliphatic carbocycles. The van der Waals surface area contributed by atoms with E-state index in [4.69, 9.17) is 9.94 Å². The molecule has 0 saturated carbocycles. The maximum atomic E-state index is 13.3. The molecule has 0 fully saturated rings. The second kappa shape index (κ2) is 9.45. The van der Waals surface area contributed by atoms with E-state index < -0.39 is 22.0 Å². The molecule has 1 heterocycles. The number of ether oxygens (including phenoxy) is 1. The maximum absolute atomic E-state index is 13.3. The minimum absolute atomic E-state index is 0.0269. The summed E-state index contributed by atoms with van der Waals surface area (Å²) in [6, 6.07) is 8.27. The fraction of sp³-hybridized carbons (Fsp3) is 0.333. The monoisotopic (exact) mass is 393 g/mol. The summed E-state index contributed by atoms with van der Waals surface area (Å²) in [5.41, 5.74) is 2.20. The summed E-state index contributed by atoms with van der Waals surface area (Å²) in [5.74, 6) is -0.260. The minimum atomic E-state index is -4.02. The number of hydrogen-bond donors (Lipinski definition) is 2. The molecule has 2 aromatic rings. The van der Waals surface area contributed by atoms with Gasteiger partial charge in [0, 0.05) is 18.9 Å². The van der Waals surface area contributed by atoms with E-state index >= 15 is 0 Å². The zero-order valence-corrected chi connectivity index (χ0v) is 16.0. The van der Waals surface area contributed by atoms with Crippen LogP contribution in [0.3, 0.4) is 0 Å². The van der Waals surface area contributed by atoms with Crippen LogP contribution >= 0.6 is 0 Å². The standard InChI is InChI=1S/C18H23N3O5S/c1-3-5-17(18(22)20-23)21(13-14-6-4-11-19-12-14)27(24,25)16-9-7-15(26-2)8-10-16/h4,6-12,17,23H,3,5,13H2,1-2H3,(H,20,22)/t17-/m0/s1. The van der Waals surface area contributed by atoms with Gasteiger partial charge in [0.1, 0.15) is 11.8 Å². The van der Waals surface area contributed by atoms with E-state index in [2.05, 4.69) is 4.98 Å². The molecule has 1 aromatic heterocycles. The number of nitrogens with one attached hydrogen (secondary N) is 1. The van der Waals surface area contributed by atoms with E-state index in [1.807, 2.05) is 6.92 Å². The molecular formula is C18H23N3O5S. The van der Waals surface area contributed by atoms with Gasteiger partial charge in [-0.15, -0.1) is 0 Å². The molecular weight excluding hydrogens is 370 g/mol. The second-order valence-electron chi connectivity index (χ2n) is 5.87. The van der Waals surface area contributed by atoms with Gasteiger partial charge in [0.25, 0.3) is 5.91 Å². The normalized spacial score (nSPS) is 12.6. The third kappa shape index (κ3) is 5.03. The topological polar surface area (TPSA) is 109 Å². The van der Waals surface area contributed by atoms with Crippen molar-refractivity contribution in [2.24, 2.45) is 0 Å². The van der Waals surface area contributed by atoms with Crippen LogP contribution in [0.25, 0.3) is 0 Å². The Morgan fingerprint density at radius 1 is 1.30 bits per heavy atom. The van der Waals surface area contributed by atoms with Crippen molar-refractivity contribution in [2.75, 3.05) is 7.11 Å². The molecule has 9 heteroatoms. The van der Waals surface area contributed by atoms with Gasteiger partial charge in [-0.2, -0.15) is 4.31 Å². The predicted octanol–water partition coefficient (Wildman–Crippen LogP) is 1.96. The number of benzene rings is 1. The van der Waals surface area contributed by atoms with Crippen LogP contribution in [0.15, 0.2) is 53.7 Å². The van der Waals surface area contributed by atoms with Gasteiger partial charge in [-0.1, -0.05) is 19.4 Å². The average molecular weight is 393 g/mol. The number of rotatable bonds is 9. The molecule has 1 atom stereocenters. The third-order valence-electron chi connectivity index (χ3n) is 4.05.